The van der Waals surface area contributed by atoms with Gasteiger partial charge in [0.1, 0.15) is 5.75 Å². The average Bonchev–Trinajstić information content (AvgIpc) is 2.19. The van der Waals surface area contributed by atoms with E-state index in [-0.39, 0.29) is 5.75 Å². The van der Waals surface area contributed by atoms with Gasteiger partial charge >= 0.3 is 0 Å². The lowest BCUT2D eigenvalue weighted by Gasteiger charge is -2.27. The molecule has 4 nitrogen and oxygen atoms in total. The molecule has 1 aliphatic heterocycles. The van der Waals surface area contributed by atoms with Gasteiger partial charge in [0.05, 0.1) is 18.9 Å². The maximum absolute atomic E-state index is 9.26. The molecular formula is C10H14N2O2. The van der Waals surface area contributed by atoms with E-state index in [4.69, 9.17) is 4.74 Å². The van der Waals surface area contributed by atoms with Gasteiger partial charge in [0, 0.05) is 19.2 Å². The van der Waals surface area contributed by atoms with Crippen LogP contribution in [-0.4, -0.2) is 36.4 Å². The number of aromatic hydroxyl groups is 1. The second-order valence-corrected chi connectivity index (χ2v) is 3.26. The third-order valence-corrected chi connectivity index (χ3v) is 2.14. The molecule has 0 amide bonds. The van der Waals surface area contributed by atoms with Crippen molar-refractivity contribution in [2.75, 3.05) is 31.7 Å². The smallest absolute Gasteiger partial charge is 0.117 e. The van der Waals surface area contributed by atoms with E-state index in [0.29, 0.717) is 0 Å². The first-order chi connectivity index (χ1) is 6.84. The van der Waals surface area contributed by atoms with Crippen LogP contribution < -0.4 is 5.43 Å². The predicted octanol–water partition coefficient (Wildman–Crippen LogP) is 1.05. The first kappa shape index (κ1) is 9.30. The Kier molecular flexibility index (Phi) is 2.86. The molecule has 0 aromatic heterocycles. The first-order valence-electron chi connectivity index (χ1n) is 4.73. The Labute approximate surface area is 83.1 Å². The SMILES string of the molecule is Oc1cccc(NN2CCOCC2)c1. The van der Waals surface area contributed by atoms with E-state index in [1.165, 1.54) is 0 Å². The molecule has 0 aliphatic carbocycles. The lowest BCUT2D eigenvalue weighted by Crippen LogP contribution is -2.40. The summed E-state index contributed by atoms with van der Waals surface area (Å²) >= 11 is 0. The average molecular weight is 194 g/mol. The maximum Gasteiger partial charge on any atom is 0.117 e. The van der Waals surface area contributed by atoms with Gasteiger partial charge in [0.15, 0.2) is 0 Å². The summed E-state index contributed by atoms with van der Waals surface area (Å²) < 4.78 is 5.23. The molecule has 0 atom stereocenters. The van der Waals surface area contributed by atoms with Gasteiger partial charge in [-0.3, -0.25) is 0 Å². The number of rotatable bonds is 2. The standard InChI is InChI=1S/C10H14N2O2/c13-10-3-1-2-9(8-10)11-12-4-6-14-7-5-12/h1-3,8,11,13H,4-7H2. The van der Waals surface area contributed by atoms with Crippen molar-refractivity contribution in [3.8, 4) is 5.75 Å². The third kappa shape index (κ3) is 2.37. The van der Waals surface area contributed by atoms with Crippen molar-refractivity contribution in [2.45, 2.75) is 0 Å². The van der Waals surface area contributed by atoms with Crippen molar-refractivity contribution in [2.24, 2.45) is 0 Å². The van der Waals surface area contributed by atoms with Crippen LogP contribution in [0.2, 0.25) is 0 Å². The van der Waals surface area contributed by atoms with E-state index in [1.807, 2.05) is 12.1 Å². The van der Waals surface area contributed by atoms with Crippen molar-refractivity contribution in [1.29, 1.82) is 0 Å². The van der Waals surface area contributed by atoms with Crippen LogP contribution in [0.1, 0.15) is 0 Å². The Morgan fingerprint density at radius 3 is 2.79 bits per heavy atom. The van der Waals surface area contributed by atoms with Gasteiger partial charge in [0.25, 0.3) is 0 Å². The molecule has 0 bridgehead atoms. The zero-order valence-corrected chi connectivity index (χ0v) is 7.94. The molecular weight excluding hydrogens is 180 g/mol. The Hall–Kier alpha value is -1.26. The Bertz CT molecular complexity index is 298. The van der Waals surface area contributed by atoms with Crippen molar-refractivity contribution >= 4 is 5.69 Å². The molecule has 4 heteroatoms. The van der Waals surface area contributed by atoms with E-state index in [0.717, 1.165) is 32.0 Å². The normalized spacial score (nSPS) is 18.0. The Morgan fingerprint density at radius 2 is 2.07 bits per heavy atom. The van der Waals surface area contributed by atoms with Crippen molar-refractivity contribution in [3.63, 3.8) is 0 Å². The monoisotopic (exact) mass is 194 g/mol. The zero-order valence-electron chi connectivity index (χ0n) is 7.94. The lowest BCUT2D eigenvalue weighted by atomic mass is 10.3. The molecule has 14 heavy (non-hydrogen) atoms. The summed E-state index contributed by atoms with van der Waals surface area (Å²) in [7, 11) is 0. The van der Waals surface area contributed by atoms with Gasteiger partial charge in [-0.2, -0.15) is 0 Å². The number of hydrazine groups is 1. The number of benzene rings is 1. The van der Waals surface area contributed by atoms with Crippen LogP contribution in [0.4, 0.5) is 5.69 Å². The van der Waals surface area contributed by atoms with Gasteiger partial charge < -0.3 is 15.3 Å². The van der Waals surface area contributed by atoms with Crippen LogP contribution in [0.5, 0.6) is 5.75 Å². The quantitative estimate of drug-likeness (QED) is 0.738. The van der Waals surface area contributed by atoms with E-state index in [1.54, 1.807) is 12.1 Å². The van der Waals surface area contributed by atoms with Crippen LogP contribution in [0.25, 0.3) is 0 Å². The summed E-state index contributed by atoms with van der Waals surface area (Å²) in [5.41, 5.74) is 4.12. The highest BCUT2D eigenvalue weighted by atomic mass is 16.5. The topological polar surface area (TPSA) is 44.7 Å². The zero-order chi connectivity index (χ0) is 9.80. The van der Waals surface area contributed by atoms with E-state index >= 15 is 0 Å². The van der Waals surface area contributed by atoms with Gasteiger partial charge in [-0.25, -0.2) is 5.01 Å². The molecule has 1 aromatic carbocycles. The number of nitrogens with zero attached hydrogens (tertiary/aromatic N) is 1. The van der Waals surface area contributed by atoms with Crippen molar-refractivity contribution in [1.82, 2.24) is 5.01 Å². The number of phenolic OH excluding ortho intramolecular Hbond substituents is 1. The third-order valence-electron chi connectivity index (χ3n) is 2.14. The molecule has 1 aromatic rings. The van der Waals surface area contributed by atoms with Crippen LogP contribution >= 0.6 is 0 Å². The molecule has 1 saturated heterocycles. The molecule has 1 aliphatic rings. The fourth-order valence-corrected chi connectivity index (χ4v) is 1.43. The van der Waals surface area contributed by atoms with Gasteiger partial charge in [-0.05, 0) is 12.1 Å². The molecule has 0 unspecified atom stereocenters. The second-order valence-electron chi connectivity index (χ2n) is 3.26. The number of hydrogen-bond acceptors (Lipinski definition) is 4. The fourth-order valence-electron chi connectivity index (χ4n) is 1.43. The highest BCUT2D eigenvalue weighted by molar-refractivity contribution is 5.46. The minimum Gasteiger partial charge on any atom is -0.508 e. The van der Waals surface area contributed by atoms with Crippen LogP contribution in [0, 0.1) is 0 Å². The van der Waals surface area contributed by atoms with E-state index in [9.17, 15) is 5.11 Å². The van der Waals surface area contributed by atoms with Crippen LogP contribution in [0.15, 0.2) is 24.3 Å². The summed E-state index contributed by atoms with van der Waals surface area (Å²) in [6.07, 6.45) is 0. The molecule has 2 N–H and O–H groups in total. The number of nitrogens with one attached hydrogen (secondary N) is 1. The molecule has 1 heterocycles. The van der Waals surface area contributed by atoms with Gasteiger partial charge in [0.2, 0.25) is 0 Å². The molecule has 0 spiro atoms. The molecule has 2 rings (SSSR count). The minimum absolute atomic E-state index is 0.281. The summed E-state index contributed by atoms with van der Waals surface area (Å²) in [5.74, 6) is 0.281. The number of ether oxygens (including phenoxy) is 1. The first-order valence-corrected chi connectivity index (χ1v) is 4.73. The number of phenols is 1. The number of hydrogen-bond donors (Lipinski definition) is 2. The summed E-state index contributed by atoms with van der Waals surface area (Å²) in [6.45, 7) is 3.25. The molecule has 76 valence electrons. The highest BCUT2D eigenvalue weighted by Crippen LogP contribution is 2.16. The second kappa shape index (κ2) is 4.30. The minimum atomic E-state index is 0.281. The highest BCUT2D eigenvalue weighted by Gasteiger charge is 2.09. The Morgan fingerprint density at radius 1 is 1.29 bits per heavy atom. The van der Waals surface area contributed by atoms with Gasteiger partial charge in [-0.15, -0.1) is 0 Å². The van der Waals surface area contributed by atoms with E-state index in [2.05, 4.69) is 10.4 Å². The van der Waals surface area contributed by atoms with E-state index < -0.39 is 0 Å². The summed E-state index contributed by atoms with van der Waals surface area (Å²) in [6, 6.07) is 7.10. The number of anilines is 1. The van der Waals surface area contributed by atoms with Crippen LogP contribution in [0.3, 0.4) is 0 Å². The Balaban J connectivity index is 1.95. The summed E-state index contributed by atoms with van der Waals surface area (Å²) in [4.78, 5) is 0. The van der Waals surface area contributed by atoms with Crippen LogP contribution in [-0.2, 0) is 4.74 Å². The fraction of sp³-hybridized carbons (Fsp3) is 0.400. The maximum atomic E-state index is 9.26. The van der Waals surface area contributed by atoms with Crippen molar-refractivity contribution in [3.05, 3.63) is 24.3 Å². The largest absolute Gasteiger partial charge is 0.508 e. The van der Waals surface area contributed by atoms with Crippen molar-refractivity contribution < 1.29 is 9.84 Å². The molecule has 1 fully saturated rings. The predicted molar refractivity (Wildman–Crippen MR) is 54.1 cm³/mol. The molecule has 0 radical (unpaired) electrons. The molecule has 0 saturated carbocycles. The number of morpholine rings is 1. The lowest BCUT2D eigenvalue weighted by molar-refractivity contribution is 0.0497. The summed E-state index contributed by atoms with van der Waals surface area (Å²) in [5, 5.41) is 11.3. The van der Waals surface area contributed by atoms with Gasteiger partial charge in [-0.1, -0.05) is 6.07 Å².